The third-order valence-corrected chi connectivity index (χ3v) is 5.89. The molecular weight excluding hydrogens is 368 g/mol. The van der Waals surface area contributed by atoms with Crippen molar-refractivity contribution in [2.75, 3.05) is 29.9 Å². The maximum absolute atomic E-state index is 12.5. The number of hydrogen-bond acceptors (Lipinski definition) is 3. The molecule has 0 unspecified atom stereocenters. The van der Waals surface area contributed by atoms with E-state index < -0.39 is 0 Å². The molecule has 4 nitrogen and oxygen atoms in total. The summed E-state index contributed by atoms with van der Waals surface area (Å²) in [6.07, 6.45) is 0.410. The lowest BCUT2D eigenvalue weighted by Crippen LogP contribution is -2.38. The van der Waals surface area contributed by atoms with E-state index in [4.69, 9.17) is 0 Å². The molecule has 3 rings (SSSR count). The van der Waals surface area contributed by atoms with E-state index in [0.717, 1.165) is 35.8 Å². The van der Waals surface area contributed by atoms with Gasteiger partial charge >= 0.3 is 0 Å². The SMILES string of the molecule is CC(C)(C)c1ccc(C(=O)Nc2ccc(CC(=O)N3CCSCC3)cc2)cc1. The zero-order chi connectivity index (χ0) is 20.1. The van der Waals surface area contributed by atoms with Gasteiger partial charge in [-0.1, -0.05) is 45.0 Å². The lowest BCUT2D eigenvalue weighted by Gasteiger charge is -2.26. The number of hydrogen-bond donors (Lipinski definition) is 1. The van der Waals surface area contributed by atoms with E-state index in [1.54, 1.807) is 0 Å². The van der Waals surface area contributed by atoms with E-state index in [0.29, 0.717) is 12.0 Å². The van der Waals surface area contributed by atoms with Crippen LogP contribution in [0.15, 0.2) is 48.5 Å². The Hall–Kier alpha value is -2.27. The van der Waals surface area contributed by atoms with Crippen molar-refractivity contribution in [1.29, 1.82) is 0 Å². The summed E-state index contributed by atoms with van der Waals surface area (Å²) in [5.41, 5.74) is 3.60. The van der Waals surface area contributed by atoms with E-state index in [2.05, 4.69) is 26.1 Å². The van der Waals surface area contributed by atoms with E-state index in [-0.39, 0.29) is 17.2 Å². The summed E-state index contributed by atoms with van der Waals surface area (Å²) < 4.78 is 0. The van der Waals surface area contributed by atoms with Gasteiger partial charge in [-0.05, 0) is 40.8 Å². The highest BCUT2D eigenvalue weighted by molar-refractivity contribution is 7.99. The second-order valence-corrected chi connectivity index (χ2v) is 9.37. The van der Waals surface area contributed by atoms with E-state index >= 15 is 0 Å². The molecule has 0 aliphatic carbocycles. The molecule has 0 aromatic heterocycles. The van der Waals surface area contributed by atoms with Gasteiger partial charge < -0.3 is 10.2 Å². The Morgan fingerprint density at radius 1 is 0.964 bits per heavy atom. The number of anilines is 1. The Morgan fingerprint density at radius 2 is 1.57 bits per heavy atom. The number of thioether (sulfide) groups is 1. The normalized spacial score (nSPS) is 14.6. The minimum atomic E-state index is -0.130. The van der Waals surface area contributed by atoms with Crippen molar-refractivity contribution in [3.8, 4) is 0 Å². The van der Waals surface area contributed by atoms with Crippen molar-refractivity contribution in [3.05, 3.63) is 65.2 Å². The molecule has 0 spiro atoms. The van der Waals surface area contributed by atoms with Crippen LogP contribution in [0.5, 0.6) is 0 Å². The van der Waals surface area contributed by atoms with Crippen molar-refractivity contribution in [1.82, 2.24) is 4.90 Å². The first-order chi connectivity index (χ1) is 13.3. The van der Waals surface area contributed by atoms with Crippen LogP contribution < -0.4 is 5.32 Å². The zero-order valence-corrected chi connectivity index (χ0v) is 17.6. The Balaban J connectivity index is 1.57. The molecule has 2 aromatic carbocycles. The van der Waals surface area contributed by atoms with Gasteiger partial charge in [0.1, 0.15) is 0 Å². The van der Waals surface area contributed by atoms with Crippen LogP contribution in [0.1, 0.15) is 42.3 Å². The van der Waals surface area contributed by atoms with Crippen LogP contribution in [0.4, 0.5) is 5.69 Å². The highest BCUT2D eigenvalue weighted by Gasteiger charge is 2.17. The van der Waals surface area contributed by atoms with Crippen LogP contribution in [-0.2, 0) is 16.6 Å². The molecule has 1 fully saturated rings. The van der Waals surface area contributed by atoms with Gasteiger partial charge in [0.05, 0.1) is 6.42 Å². The molecule has 1 aliphatic heterocycles. The molecule has 1 aliphatic rings. The Bertz CT molecular complexity index is 817. The fraction of sp³-hybridized carbons (Fsp3) is 0.391. The Morgan fingerprint density at radius 3 is 2.14 bits per heavy atom. The molecule has 2 amide bonds. The number of nitrogens with zero attached hydrogens (tertiary/aromatic N) is 1. The van der Waals surface area contributed by atoms with Crippen molar-refractivity contribution >= 4 is 29.3 Å². The van der Waals surface area contributed by atoms with E-state index in [1.807, 2.05) is 65.2 Å². The van der Waals surface area contributed by atoms with Crippen molar-refractivity contribution in [3.63, 3.8) is 0 Å². The fourth-order valence-electron chi connectivity index (χ4n) is 3.13. The van der Waals surface area contributed by atoms with Gasteiger partial charge in [0, 0.05) is 35.8 Å². The van der Waals surface area contributed by atoms with Gasteiger partial charge in [0.15, 0.2) is 0 Å². The number of amides is 2. The van der Waals surface area contributed by atoms with Gasteiger partial charge in [0.2, 0.25) is 5.91 Å². The van der Waals surface area contributed by atoms with Gasteiger partial charge in [0.25, 0.3) is 5.91 Å². The summed E-state index contributed by atoms with van der Waals surface area (Å²) in [5.74, 6) is 2.09. The molecule has 148 valence electrons. The molecule has 5 heteroatoms. The van der Waals surface area contributed by atoms with Crippen LogP contribution in [0.3, 0.4) is 0 Å². The van der Waals surface area contributed by atoms with Gasteiger partial charge in [-0.3, -0.25) is 9.59 Å². The Kier molecular flexibility index (Phi) is 6.45. The first-order valence-electron chi connectivity index (χ1n) is 9.69. The van der Waals surface area contributed by atoms with Gasteiger partial charge in [-0.15, -0.1) is 0 Å². The molecular formula is C23H28N2O2S. The maximum Gasteiger partial charge on any atom is 0.255 e. The van der Waals surface area contributed by atoms with Gasteiger partial charge in [-0.2, -0.15) is 11.8 Å². The smallest absolute Gasteiger partial charge is 0.255 e. The lowest BCUT2D eigenvalue weighted by molar-refractivity contribution is -0.130. The summed E-state index contributed by atoms with van der Waals surface area (Å²) in [7, 11) is 0. The second-order valence-electron chi connectivity index (χ2n) is 8.15. The number of rotatable bonds is 4. The number of carbonyl (C=O) groups excluding carboxylic acids is 2. The second kappa shape index (κ2) is 8.82. The lowest BCUT2D eigenvalue weighted by atomic mass is 9.87. The average Bonchev–Trinajstić information content (AvgIpc) is 2.69. The monoisotopic (exact) mass is 396 g/mol. The van der Waals surface area contributed by atoms with Crippen molar-refractivity contribution in [2.45, 2.75) is 32.6 Å². The fourth-order valence-corrected chi connectivity index (χ4v) is 4.03. The number of nitrogens with one attached hydrogen (secondary N) is 1. The zero-order valence-electron chi connectivity index (χ0n) is 16.8. The minimum absolute atomic E-state index is 0.0648. The summed E-state index contributed by atoms with van der Waals surface area (Å²) >= 11 is 1.90. The first kappa shape index (κ1) is 20.5. The third kappa shape index (κ3) is 5.38. The minimum Gasteiger partial charge on any atom is -0.341 e. The quantitative estimate of drug-likeness (QED) is 0.836. The molecule has 1 N–H and O–H groups in total. The summed E-state index contributed by atoms with van der Waals surface area (Å²) in [6, 6.07) is 15.3. The molecule has 28 heavy (non-hydrogen) atoms. The molecule has 1 saturated heterocycles. The topological polar surface area (TPSA) is 49.4 Å². The molecule has 0 atom stereocenters. The highest BCUT2D eigenvalue weighted by Crippen LogP contribution is 2.22. The summed E-state index contributed by atoms with van der Waals surface area (Å²) in [6.45, 7) is 8.13. The first-order valence-corrected chi connectivity index (χ1v) is 10.8. The predicted octanol–water partition coefficient (Wildman–Crippen LogP) is 4.35. The Labute approximate surface area is 171 Å². The van der Waals surface area contributed by atoms with Crippen LogP contribution >= 0.6 is 11.8 Å². The maximum atomic E-state index is 12.5. The predicted molar refractivity (Wildman–Crippen MR) is 117 cm³/mol. The van der Waals surface area contributed by atoms with Crippen LogP contribution in [0.2, 0.25) is 0 Å². The number of carbonyl (C=O) groups is 2. The average molecular weight is 397 g/mol. The van der Waals surface area contributed by atoms with Gasteiger partial charge in [-0.25, -0.2) is 0 Å². The van der Waals surface area contributed by atoms with Crippen LogP contribution in [0.25, 0.3) is 0 Å². The standard InChI is InChI=1S/C23H28N2O2S/c1-23(2,3)19-8-6-18(7-9-19)22(27)24-20-10-4-17(5-11-20)16-21(26)25-12-14-28-15-13-25/h4-11H,12-16H2,1-3H3,(H,24,27). The molecule has 1 heterocycles. The van der Waals surface area contributed by atoms with Crippen molar-refractivity contribution < 1.29 is 9.59 Å². The van der Waals surface area contributed by atoms with Crippen LogP contribution in [0, 0.1) is 0 Å². The van der Waals surface area contributed by atoms with E-state index in [1.165, 1.54) is 5.56 Å². The number of benzene rings is 2. The summed E-state index contributed by atoms with van der Waals surface area (Å²) in [5, 5.41) is 2.92. The summed E-state index contributed by atoms with van der Waals surface area (Å²) in [4.78, 5) is 26.8. The van der Waals surface area contributed by atoms with Crippen molar-refractivity contribution in [2.24, 2.45) is 0 Å². The third-order valence-electron chi connectivity index (χ3n) is 4.94. The highest BCUT2D eigenvalue weighted by atomic mass is 32.2. The van der Waals surface area contributed by atoms with Crippen LogP contribution in [-0.4, -0.2) is 41.3 Å². The molecule has 0 radical (unpaired) electrons. The molecule has 0 bridgehead atoms. The molecule has 2 aromatic rings. The largest absolute Gasteiger partial charge is 0.341 e. The van der Waals surface area contributed by atoms with E-state index in [9.17, 15) is 9.59 Å². The molecule has 0 saturated carbocycles.